The van der Waals surface area contributed by atoms with Gasteiger partial charge in [-0.3, -0.25) is 14.6 Å². The number of ether oxygens (including phenoxy) is 2. The highest BCUT2D eigenvalue weighted by Crippen LogP contribution is 2.22. The topological polar surface area (TPSA) is 65.5 Å². The molecular weight excluding hydrogens is 270 g/mol. The van der Waals surface area contributed by atoms with Crippen LogP contribution in [0.15, 0.2) is 48.7 Å². The number of carbonyl (C=O) groups is 2. The molecule has 1 aromatic carbocycles. The third-order valence-corrected chi connectivity index (χ3v) is 3.06. The molecule has 108 valence electrons. The standard InChI is InChI=1S/C16H15NO4/c1-20-15(18)14(16(19)21-2)13-9-8-12(10-17-13)11-6-4-3-5-7-11/h3-10,14H,1-2H3. The van der Waals surface area contributed by atoms with Gasteiger partial charge in [0.05, 0.1) is 19.9 Å². The van der Waals surface area contributed by atoms with E-state index >= 15 is 0 Å². The molecule has 2 rings (SSSR count). The number of pyridine rings is 1. The largest absolute Gasteiger partial charge is 0.468 e. The molecular formula is C16H15NO4. The average Bonchev–Trinajstić information content (AvgIpc) is 2.56. The molecule has 1 heterocycles. The number of aromatic nitrogens is 1. The molecule has 0 unspecified atom stereocenters. The Balaban J connectivity index is 2.32. The molecule has 0 fully saturated rings. The lowest BCUT2D eigenvalue weighted by Crippen LogP contribution is -2.25. The molecule has 1 aromatic heterocycles. The van der Waals surface area contributed by atoms with Crippen LogP contribution in [0, 0.1) is 0 Å². The minimum absolute atomic E-state index is 0.299. The number of hydrogen-bond donors (Lipinski definition) is 0. The number of benzene rings is 1. The van der Waals surface area contributed by atoms with E-state index in [9.17, 15) is 9.59 Å². The molecule has 0 amide bonds. The fraction of sp³-hybridized carbons (Fsp3) is 0.188. The summed E-state index contributed by atoms with van der Waals surface area (Å²) in [5.74, 6) is -2.55. The van der Waals surface area contributed by atoms with Gasteiger partial charge in [0, 0.05) is 11.8 Å². The Labute approximate surface area is 122 Å². The summed E-state index contributed by atoms with van der Waals surface area (Å²) >= 11 is 0. The van der Waals surface area contributed by atoms with Gasteiger partial charge in [0.2, 0.25) is 0 Å². The van der Waals surface area contributed by atoms with Crippen molar-refractivity contribution in [2.24, 2.45) is 0 Å². The molecule has 0 radical (unpaired) electrons. The summed E-state index contributed by atoms with van der Waals surface area (Å²) in [5.41, 5.74) is 2.20. The molecule has 5 nitrogen and oxygen atoms in total. The van der Waals surface area contributed by atoms with Crippen LogP contribution in [-0.4, -0.2) is 31.1 Å². The maximum absolute atomic E-state index is 11.7. The first-order valence-electron chi connectivity index (χ1n) is 6.34. The van der Waals surface area contributed by atoms with Gasteiger partial charge < -0.3 is 9.47 Å². The van der Waals surface area contributed by atoms with Crippen LogP contribution >= 0.6 is 0 Å². The Bertz CT molecular complexity index is 606. The normalized spacial score (nSPS) is 10.2. The maximum Gasteiger partial charge on any atom is 0.326 e. The van der Waals surface area contributed by atoms with Gasteiger partial charge in [-0.25, -0.2) is 0 Å². The van der Waals surface area contributed by atoms with E-state index in [-0.39, 0.29) is 0 Å². The first kappa shape index (κ1) is 14.7. The molecule has 0 atom stereocenters. The van der Waals surface area contributed by atoms with Crippen molar-refractivity contribution in [2.45, 2.75) is 5.92 Å². The van der Waals surface area contributed by atoms with Crippen molar-refractivity contribution < 1.29 is 19.1 Å². The lowest BCUT2D eigenvalue weighted by atomic mass is 10.0. The van der Waals surface area contributed by atoms with Gasteiger partial charge in [0.25, 0.3) is 0 Å². The summed E-state index contributed by atoms with van der Waals surface area (Å²) in [6.07, 6.45) is 1.61. The van der Waals surface area contributed by atoms with E-state index in [1.807, 2.05) is 30.3 Å². The minimum atomic E-state index is -1.16. The predicted molar refractivity (Wildman–Crippen MR) is 76.4 cm³/mol. The third-order valence-electron chi connectivity index (χ3n) is 3.06. The monoisotopic (exact) mass is 285 g/mol. The highest BCUT2D eigenvalue weighted by molar-refractivity contribution is 6.00. The maximum atomic E-state index is 11.7. The van der Waals surface area contributed by atoms with Gasteiger partial charge in [-0.2, -0.15) is 0 Å². The van der Waals surface area contributed by atoms with Crippen LogP contribution < -0.4 is 0 Å². The van der Waals surface area contributed by atoms with E-state index < -0.39 is 17.9 Å². The van der Waals surface area contributed by atoms with Crippen LogP contribution in [0.3, 0.4) is 0 Å². The van der Waals surface area contributed by atoms with Crippen molar-refractivity contribution in [1.29, 1.82) is 0 Å². The summed E-state index contributed by atoms with van der Waals surface area (Å²) in [6, 6.07) is 13.1. The van der Waals surface area contributed by atoms with Crippen LogP contribution in [0.4, 0.5) is 0 Å². The lowest BCUT2D eigenvalue weighted by molar-refractivity contribution is -0.154. The third kappa shape index (κ3) is 3.25. The second-order valence-electron chi connectivity index (χ2n) is 4.32. The van der Waals surface area contributed by atoms with Crippen molar-refractivity contribution in [2.75, 3.05) is 14.2 Å². The quantitative estimate of drug-likeness (QED) is 0.636. The number of hydrogen-bond acceptors (Lipinski definition) is 5. The summed E-state index contributed by atoms with van der Waals surface area (Å²) in [4.78, 5) is 27.6. The number of esters is 2. The van der Waals surface area contributed by atoms with Crippen molar-refractivity contribution in [3.05, 3.63) is 54.4 Å². The zero-order valence-electron chi connectivity index (χ0n) is 11.8. The average molecular weight is 285 g/mol. The molecule has 5 heteroatoms. The fourth-order valence-corrected chi connectivity index (χ4v) is 1.95. The van der Waals surface area contributed by atoms with Crippen molar-refractivity contribution in [1.82, 2.24) is 4.98 Å². The highest BCUT2D eigenvalue weighted by atomic mass is 16.5. The number of methoxy groups -OCH3 is 2. The summed E-state index contributed by atoms with van der Waals surface area (Å²) < 4.78 is 9.25. The van der Waals surface area contributed by atoms with Gasteiger partial charge in [-0.05, 0) is 11.6 Å². The summed E-state index contributed by atoms with van der Waals surface area (Å²) in [7, 11) is 2.44. The highest BCUT2D eigenvalue weighted by Gasteiger charge is 2.31. The molecule has 0 aliphatic rings. The fourth-order valence-electron chi connectivity index (χ4n) is 1.95. The molecule has 0 saturated heterocycles. The smallest absolute Gasteiger partial charge is 0.326 e. The summed E-state index contributed by atoms with van der Waals surface area (Å²) in [6.45, 7) is 0. The first-order chi connectivity index (χ1) is 10.2. The van der Waals surface area contributed by atoms with Gasteiger partial charge >= 0.3 is 11.9 Å². The van der Waals surface area contributed by atoms with Gasteiger partial charge in [-0.1, -0.05) is 36.4 Å². The van der Waals surface area contributed by atoms with Gasteiger partial charge in [0.1, 0.15) is 0 Å². The summed E-state index contributed by atoms with van der Waals surface area (Å²) in [5, 5.41) is 0. The van der Waals surface area contributed by atoms with E-state index in [0.717, 1.165) is 11.1 Å². The molecule has 0 spiro atoms. The van der Waals surface area contributed by atoms with Crippen molar-refractivity contribution in [3.63, 3.8) is 0 Å². The van der Waals surface area contributed by atoms with Crippen LogP contribution in [-0.2, 0) is 19.1 Å². The predicted octanol–water partition coefficient (Wildman–Crippen LogP) is 2.18. The van der Waals surface area contributed by atoms with Gasteiger partial charge in [0.15, 0.2) is 5.92 Å². The van der Waals surface area contributed by atoms with E-state index in [1.165, 1.54) is 14.2 Å². The lowest BCUT2D eigenvalue weighted by Gasteiger charge is -2.12. The van der Waals surface area contributed by atoms with Crippen LogP contribution in [0.2, 0.25) is 0 Å². The molecule has 0 aliphatic heterocycles. The van der Waals surface area contributed by atoms with Crippen LogP contribution in [0.1, 0.15) is 11.6 Å². The molecule has 21 heavy (non-hydrogen) atoms. The second kappa shape index (κ2) is 6.65. The van der Waals surface area contributed by atoms with E-state index in [4.69, 9.17) is 0 Å². The molecule has 0 N–H and O–H groups in total. The van der Waals surface area contributed by atoms with Crippen molar-refractivity contribution >= 4 is 11.9 Å². The van der Waals surface area contributed by atoms with E-state index in [2.05, 4.69) is 14.5 Å². The number of rotatable bonds is 4. The Morgan fingerprint density at radius 2 is 1.52 bits per heavy atom. The van der Waals surface area contributed by atoms with Crippen LogP contribution in [0.5, 0.6) is 0 Å². The molecule has 2 aromatic rings. The van der Waals surface area contributed by atoms with Crippen molar-refractivity contribution in [3.8, 4) is 11.1 Å². The Hall–Kier alpha value is -2.69. The second-order valence-corrected chi connectivity index (χ2v) is 4.32. The molecule has 0 bridgehead atoms. The number of nitrogens with zero attached hydrogens (tertiary/aromatic N) is 1. The minimum Gasteiger partial charge on any atom is -0.468 e. The Morgan fingerprint density at radius 1 is 0.905 bits per heavy atom. The van der Waals surface area contributed by atoms with Gasteiger partial charge in [-0.15, -0.1) is 0 Å². The Morgan fingerprint density at radius 3 is 2.00 bits per heavy atom. The zero-order valence-corrected chi connectivity index (χ0v) is 11.8. The first-order valence-corrected chi connectivity index (χ1v) is 6.34. The van der Waals surface area contributed by atoms with E-state index in [0.29, 0.717) is 5.69 Å². The Kier molecular flexibility index (Phi) is 4.66. The molecule has 0 saturated carbocycles. The number of carbonyl (C=O) groups excluding carboxylic acids is 2. The molecule has 0 aliphatic carbocycles. The van der Waals surface area contributed by atoms with E-state index in [1.54, 1.807) is 18.3 Å². The zero-order chi connectivity index (χ0) is 15.2. The SMILES string of the molecule is COC(=O)C(C(=O)OC)c1ccc(-c2ccccc2)cn1. The van der Waals surface area contributed by atoms with Crippen LogP contribution in [0.25, 0.3) is 11.1 Å².